The van der Waals surface area contributed by atoms with E-state index in [1.165, 1.54) is 19.3 Å². The third-order valence-corrected chi connectivity index (χ3v) is 2.40. The van der Waals surface area contributed by atoms with Crippen molar-refractivity contribution in [2.45, 2.75) is 65.4 Å². The third-order valence-electron chi connectivity index (χ3n) is 2.40. The molecule has 0 saturated heterocycles. The van der Waals surface area contributed by atoms with Gasteiger partial charge in [0.15, 0.2) is 5.78 Å². The fourth-order valence-electron chi connectivity index (χ4n) is 1.52. The predicted molar refractivity (Wildman–Crippen MR) is 59.5 cm³/mol. The van der Waals surface area contributed by atoms with Crippen molar-refractivity contribution in [3.8, 4) is 0 Å². The average Bonchev–Trinajstić information content (AvgIpc) is 2.21. The van der Waals surface area contributed by atoms with Crippen molar-refractivity contribution < 1.29 is 9.53 Å². The minimum Gasteiger partial charge on any atom is -0.371 e. The molecule has 0 fully saturated rings. The summed E-state index contributed by atoms with van der Waals surface area (Å²) >= 11 is 0. The van der Waals surface area contributed by atoms with Gasteiger partial charge in [-0.25, -0.2) is 0 Å². The SMILES string of the molecule is CCCCCCC(OCC)C(=O)CC. The normalized spacial score (nSPS) is 12.8. The molecular formula is C12H24O2. The van der Waals surface area contributed by atoms with Gasteiger partial charge in [0.2, 0.25) is 0 Å². The van der Waals surface area contributed by atoms with Gasteiger partial charge in [0.1, 0.15) is 6.10 Å². The fraction of sp³-hybridized carbons (Fsp3) is 0.917. The van der Waals surface area contributed by atoms with Crippen LogP contribution in [0.25, 0.3) is 0 Å². The Morgan fingerprint density at radius 2 is 1.86 bits per heavy atom. The zero-order valence-electron chi connectivity index (χ0n) is 9.84. The lowest BCUT2D eigenvalue weighted by Gasteiger charge is -2.14. The zero-order valence-corrected chi connectivity index (χ0v) is 9.84. The van der Waals surface area contributed by atoms with Crippen LogP contribution in [0.1, 0.15) is 59.3 Å². The summed E-state index contributed by atoms with van der Waals surface area (Å²) in [6.45, 7) is 6.68. The molecule has 0 aromatic carbocycles. The topological polar surface area (TPSA) is 26.3 Å². The minimum absolute atomic E-state index is 0.137. The summed E-state index contributed by atoms with van der Waals surface area (Å²) < 4.78 is 5.43. The standard InChI is InChI=1S/C12H24O2/c1-4-7-8-9-10-12(14-6-3)11(13)5-2/h12H,4-10H2,1-3H3. The number of rotatable bonds is 9. The Balaban J connectivity index is 3.67. The largest absolute Gasteiger partial charge is 0.371 e. The molecule has 0 aliphatic carbocycles. The molecule has 14 heavy (non-hydrogen) atoms. The Labute approximate surface area is 88.0 Å². The maximum atomic E-state index is 11.4. The van der Waals surface area contributed by atoms with E-state index in [2.05, 4.69) is 6.92 Å². The second-order valence-electron chi connectivity index (χ2n) is 3.61. The molecule has 0 saturated carbocycles. The van der Waals surface area contributed by atoms with Crippen LogP contribution >= 0.6 is 0 Å². The van der Waals surface area contributed by atoms with E-state index in [9.17, 15) is 4.79 Å². The highest BCUT2D eigenvalue weighted by atomic mass is 16.5. The molecule has 0 radical (unpaired) electrons. The van der Waals surface area contributed by atoms with Crippen LogP contribution in [-0.2, 0) is 9.53 Å². The van der Waals surface area contributed by atoms with Crippen molar-refractivity contribution in [2.24, 2.45) is 0 Å². The monoisotopic (exact) mass is 200 g/mol. The Morgan fingerprint density at radius 1 is 1.14 bits per heavy atom. The first-order valence-electron chi connectivity index (χ1n) is 5.90. The van der Waals surface area contributed by atoms with E-state index >= 15 is 0 Å². The molecule has 0 aliphatic heterocycles. The quantitative estimate of drug-likeness (QED) is 0.534. The van der Waals surface area contributed by atoms with Crippen LogP contribution in [0.5, 0.6) is 0 Å². The van der Waals surface area contributed by atoms with Crippen molar-refractivity contribution in [1.29, 1.82) is 0 Å². The molecule has 0 heterocycles. The Hall–Kier alpha value is -0.370. The molecule has 1 unspecified atom stereocenters. The molecule has 2 nitrogen and oxygen atoms in total. The molecule has 0 amide bonds. The molecule has 1 atom stereocenters. The zero-order chi connectivity index (χ0) is 10.8. The molecular weight excluding hydrogens is 176 g/mol. The van der Waals surface area contributed by atoms with E-state index < -0.39 is 0 Å². The number of ketones is 1. The molecule has 0 N–H and O–H groups in total. The van der Waals surface area contributed by atoms with Crippen LogP contribution in [-0.4, -0.2) is 18.5 Å². The van der Waals surface area contributed by atoms with Crippen LogP contribution in [0.2, 0.25) is 0 Å². The van der Waals surface area contributed by atoms with E-state index in [-0.39, 0.29) is 11.9 Å². The molecule has 0 rings (SSSR count). The lowest BCUT2D eigenvalue weighted by molar-refractivity contribution is -0.130. The number of ether oxygens (including phenoxy) is 1. The number of Topliss-reactive ketones (excluding diaryl/α,β-unsaturated/α-hetero) is 1. The van der Waals surface area contributed by atoms with Gasteiger partial charge >= 0.3 is 0 Å². The Kier molecular flexibility index (Phi) is 8.95. The number of hydrogen-bond donors (Lipinski definition) is 0. The van der Waals surface area contributed by atoms with E-state index in [1.807, 2.05) is 13.8 Å². The number of unbranched alkanes of at least 4 members (excludes halogenated alkanes) is 3. The van der Waals surface area contributed by atoms with E-state index in [0.29, 0.717) is 13.0 Å². The molecule has 2 heteroatoms. The van der Waals surface area contributed by atoms with Gasteiger partial charge in [-0.05, 0) is 13.3 Å². The lowest BCUT2D eigenvalue weighted by atomic mass is 10.0. The Morgan fingerprint density at radius 3 is 2.36 bits per heavy atom. The van der Waals surface area contributed by atoms with Gasteiger partial charge in [0.25, 0.3) is 0 Å². The summed E-state index contributed by atoms with van der Waals surface area (Å²) in [6.07, 6.45) is 6.20. The maximum absolute atomic E-state index is 11.4. The van der Waals surface area contributed by atoms with Crippen LogP contribution in [0.15, 0.2) is 0 Å². The first kappa shape index (κ1) is 13.6. The molecule has 0 bridgehead atoms. The summed E-state index contributed by atoms with van der Waals surface area (Å²) in [4.78, 5) is 11.4. The maximum Gasteiger partial charge on any atom is 0.161 e. The van der Waals surface area contributed by atoms with E-state index in [4.69, 9.17) is 4.74 Å². The van der Waals surface area contributed by atoms with Gasteiger partial charge in [0, 0.05) is 13.0 Å². The third kappa shape index (κ3) is 6.14. The predicted octanol–water partition coefficient (Wildman–Crippen LogP) is 3.34. The highest BCUT2D eigenvalue weighted by Crippen LogP contribution is 2.10. The molecule has 0 aliphatic rings. The summed E-state index contributed by atoms with van der Waals surface area (Å²) in [5.74, 6) is 0.253. The molecule has 0 aromatic rings. The highest BCUT2D eigenvalue weighted by molar-refractivity contribution is 5.82. The number of hydrogen-bond acceptors (Lipinski definition) is 2. The van der Waals surface area contributed by atoms with Crippen molar-refractivity contribution in [3.63, 3.8) is 0 Å². The molecule has 0 aromatic heterocycles. The molecule has 0 spiro atoms. The van der Waals surface area contributed by atoms with Crippen LogP contribution in [0, 0.1) is 0 Å². The summed E-state index contributed by atoms with van der Waals surface area (Å²) in [7, 11) is 0. The van der Waals surface area contributed by atoms with Crippen LogP contribution < -0.4 is 0 Å². The van der Waals surface area contributed by atoms with Crippen LogP contribution in [0.3, 0.4) is 0 Å². The van der Waals surface area contributed by atoms with Gasteiger partial charge in [-0.3, -0.25) is 4.79 Å². The fourth-order valence-corrected chi connectivity index (χ4v) is 1.52. The smallest absolute Gasteiger partial charge is 0.161 e. The van der Waals surface area contributed by atoms with Crippen molar-refractivity contribution >= 4 is 5.78 Å². The van der Waals surface area contributed by atoms with Crippen LogP contribution in [0.4, 0.5) is 0 Å². The van der Waals surface area contributed by atoms with Gasteiger partial charge in [0.05, 0.1) is 0 Å². The Bertz CT molecular complexity index is 143. The first-order valence-corrected chi connectivity index (χ1v) is 5.90. The second kappa shape index (κ2) is 9.20. The molecule has 84 valence electrons. The van der Waals surface area contributed by atoms with Crippen molar-refractivity contribution in [3.05, 3.63) is 0 Å². The summed E-state index contributed by atoms with van der Waals surface area (Å²) in [5, 5.41) is 0. The number of carbonyl (C=O) groups excluding carboxylic acids is 1. The summed E-state index contributed by atoms with van der Waals surface area (Å²) in [6, 6.07) is 0. The van der Waals surface area contributed by atoms with Gasteiger partial charge < -0.3 is 4.74 Å². The highest BCUT2D eigenvalue weighted by Gasteiger charge is 2.15. The summed E-state index contributed by atoms with van der Waals surface area (Å²) in [5.41, 5.74) is 0. The van der Waals surface area contributed by atoms with E-state index in [1.54, 1.807) is 0 Å². The van der Waals surface area contributed by atoms with Gasteiger partial charge in [-0.1, -0.05) is 39.5 Å². The van der Waals surface area contributed by atoms with Crippen molar-refractivity contribution in [1.82, 2.24) is 0 Å². The average molecular weight is 200 g/mol. The van der Waals surface area contributed by atoms with Gasteiger partial charge in [-0.2, -0.15) is 0 Å². The van der Waals surface area contributed by atoms with Gasteiger partial charge in [-0.15, -0.1) is 0 Å². The number of carbonyl (C=O) groups is 1. The second-order valence-corrected chi connectivity index (χ2v) is 3.61. The first-order chi connectivity index (χ1) is 6.76. The minimum atomic E-state index is -0.137. The lowest BCUT2D eigenvalue weighted by Crippen LogP contribution is -2.23. The van der Waals surface area contributed by atoms with E-state index in [0.717, 1.165) is 12.8 Å². The van der Waals surface area contributed by atoms with Crippen molar-refractivity contribution in [2.75, 3.05) is 6.61 Å².